The molecule has 1 aliphatic heterocycles. The van der Waals surface area contributed by atoms with Gasteiger partial charge in [0, 0.05) is 24.8 Å². The van der Waals surface area contributed by atoms with E-state index in [0.29, 0.717) is 0 Å². The number of fused-ring (bicyclic) bond motifs is 1. The predicted octanol–water partition coefficient (Wildman–Crippen LogP) is 3.21. The van der Waals surface area contributed by atoms with Gasteiger partial charge >= 0.3 is 0 Å². The lowest BCUT2D eigenvalue weighted by Crippen LogP contribution is -2.39. The zero-order valence-electron chi connectivity index (χ0n) is 13.4. The molecule has 3 rings (SSSR count). The van der Waals surface area contributed by atoms with Crippen molar-refractivity contribution in [3.63, 3.8) is 0 Å². The maximum absolute atomic E-state index is 4.92. The van der Waals surface area contributed by atoms with Crippen LogP contribution in [0, 0.1) is 0 Å². The smallest absolute Gasteiger partial charge is 0.152 e. The Morgan fingerprint density at radius 1 is 1.33 bits per heavy atom. The molecule has 2 aromatic rings. The summed E-state index contributed by atoms with van der Waals surface area (Å²) in [5.74, 6) is 1.16. The molecule has 2 aromatic heterocycles. The fraction of sp³-hybridized carbons (Fsp3) is 0.588. The van der Waals surface area contributed by atoms with Gasteiger partial charge in [-0.2, -0.15) is 0 Å². The molecule has 4 heteroatoms. The van der Waals surface area contributed by atoms with E-state index in [1.54, 1.807) is 0 Å². The molecule has 0 amide bonds. The minimum absolute atomic E-state index is 0.206. The second-order valence-electron chi connectivity index (χ2n) is 6.56. The van der Waals surface area contributed by atoms with Crippen molar-refractivity contribution in [2.75, 3.05) is 18.0 Å². The number of anilines is 1. The first-order valence-corrected chi connectivity index (χ1v) is 8.08. The number of pyridine rings is 1. The van der Waals surface area contributed by atoms with Crippen molar-refractivity contribution in [3.8, 4) is 0 Å². The molecule has 0 aromatic carbocycles. The van der Waals surface area contributed by atoms with E-state index in [0.717, 1.165) is 37.5 Å². The number of hydrogen-bond donors (Lipinski definition) is 1. The van der Waals surface area contributed by atoms with Gasteiger partial charge in [0.25, 0.3) is 0 Å². The van der Waals surface area contributed by atoms with Crippen LogP contribution in [0.4, 0.5) is 5.82 Å². The van der Waals surface area contributed by atoms with Crippen molar-refractivity contribution >= 4 is 11.5 Å². The number of rotatable bonds is 5. The molecule has 4 nitrogen and oxygen atoms in total. The fourth-order valence-corrected chi connectivity index (χ4v) is 3.30. The van der Waals surface area contributed by atoms with Crippen molar-refractivity contribution in [1.82, 2.24) is 14.7 Å². The average molecular weight is 286 g/mol. The Hall–Kier alpha value is -1.55. The molecule has 3 heterocycles. The van der Waals surface area contributed by atoms with Crippen LogP contribution in [-0.2, 0) is 6.54 Å². The highest BCUT2D eigenvalue weighted by atomic mass is 15.3. The third kappa shape index (κ3) is 2.64. The highest BCUT2D eigenvalue weighted by Crippen LogP contribution is 2.35. The molecule has 0 aliphatic carbocycles. The third-order valence-electron chi connectivity index (χ3n) is 4.48. The van der Waals surface area contributed by atoms with Crippen LogP contribution in [-0.4, -0.2) is 28.0 Å². The van der Waals surface area contributed by atoms with E-state index in [4.69, 9.17) is 4.98 Å². The van der Waals surface area contributed by atoms with Crippen LogP contribution in [0.2, 0.25) is 0 Å². The van der Waals surface area contributed by atoms with E-state index in [1.165, 1.54) is 18.5 Å². The second kappa shape index (κ2) is 5.68. The molecule has 1 saturated heterocycles. The van der Waals surface area contributed by atoms with Crippen LogP contribution in [0.1, 0.15) is 45.7 Å². The maximum atomic E-state index is 4.92. The molecule has 0 spiro atoms. The third-order valence-corrected chi connectivity index (χ3v) is 4.48. The van der Waals surface area contributed by atoms with Crippen LogP contribution in [0.15, 0.2) is 24.4 Å². The Balaban J connectivity index is 2.02. The maximum Gasteiger partial charge on any atom is 0.152 e. The van der Waals surface area contributed by atoms with Gasteiger partial charge in [-0.25, -0.2) is 4.98 Å². The molecule has 1 N–H and O–H groups in total. The monoisotopic (exact) mass is 286 g/mol. The summed E-state index contributed by atoms with van der Waals surface area (Å²) in [5, 5.41) is 3.53. The van der Waals surface area contributed by atoms with Gasteiger partial charge < -0.3 is 14.6 Å². The Morgan fingerprint density at radius 2 is 2.19 bits per heavy atom. The summed E-state index contributed by atoms with van der Waals surface area (Å²) in [4.78, 5) is 7.41. The highest BCUT2D eigenvalue weighted by Gasteiger charge is 2.35. The Morgan fingerprint density at radius 3 is 2.90 bits per heavy atom. The molecule has 0 atom stereocenters. The minimum Gasteiger partial charge on any atom is -0.350 e. The van der Waals surface area contributed by atoms with Crippen molar-refractivity contribution in [1.29, 1.82) is 0 Å². The largest absolute Gasteiger partial charge is 0.350 e. The van der Waals surface area contributed by atoms with Crippen LogP contribution < -0.4 is 10.2 Å². The molecule has 0 radical (unpaired) electrons. The van der Waals surface area contributed by atoms with E-state index in [9.17, 15) is 0 Å². The Kier molecular flexibility index (Phi) is 3.89. The van der Waals surface area contributed by atoms with Gasteiger partial charge in [-0.3, -0.25) is 0 Å². The van der Waals surface area contributed by atoms with Crippen molar-refractivity contribution in [3.05, 3.63) is 30.1 Å². The molecular formula is C17H26N4. The summed E-state index contributed by atoms with van der Waals surface area (Å²) < 4.78 is 2.23. The molecule has 1 fully saturated rings. The van der Waals surface area contributed by atoms with Gasteiger partial charge in [-0.1, -0.05) is 13.0 Å². The molecular weight excluding hydrogens is 260 g/mol. The molecule has 0 bridgehead atoms. The lowest BCUT2D eigenvalue weighted by molar-refractivity contribution is 0.512. The first-order valence-electron chi connectivity index (χ1n) is 8.08. The summed E-state index contributed by atoms with van der Waals surface area (Å²) in [6.07, 6.45) is 5.77. The van der Waals surface area contributed by atoms with E-state index < -0.39 is 0 Å². The highest BCUT2D eigenvalue weighted by molar-refractivity contribution is 5.57. The lowest BCUT2D eigenvalue weighted by Gasteiger charge is -2.32. The van der Waals surface area contributed by atoms with Gasteiger partial charge in [-0.15, -0.1) is 0 Å². The Bertz CT molecular complexity index is 614. The van der Waals surface area contributed by atoms with Crippen molar-refractivity contribution < 1.29 is 0 Å². The lowest BCUT2D eigenvalue weighted by atomic mass is 10.0. The van der Waals surface area contributed by atoms with Gasteiger partial charge in [-0.05, 0) is 51.8 Å². The normalized spacial score (nSPS) is 17.8. The van der Waals surface area contributed by atoms with E-state index in [1.807, 2.05) is 0 Å². The zero-order valence-corrected chi connectivity index (χ0v) is 13.4. The summed E-state index contributed by atoms with van der Waals surface area (Å²) in [7, 11) is 0. The quantitative estimate of drug-likeness (QED) is 0.857. The summed E-state index contributed by atoms with van der Waals surface area (Å²) in [5.41, 5.74) is 2.54. The molecule has 1 aliphatic rings. The number of imidazole rings is 1. The first-order chi connectivity index (χ1) is 10.1. The molecule has 114 valence electrons. The Labute approximate surface area is 127 Å². The number of aromatic nitrogens is 2. The molecule has 0 saturated carbocycles. The standard InChI is InChI=1S/C17H26N4/c1-4-10-18-13-14-16(21-12-7-9-17(21,2)3)19-15-8-5-6-11-20(14)15/h5-6,8,11,18H,4,7,9-10,12-13H2,1-3H3. The minimum atomic E-state index is 0.206. The predicted molar refractivity (Wildman–Crippen MR) is 87.8 cm³/mol. The van der Waals surface area contributed by atoms with E-state index in [-0.39, 0.29) is 5.54 Å². The summed E-state index contributed by atoms with van der Waals surface area (Å²) in [6.45, 7) is 9.88. The van der Waals surface area contributed by atoms with Crippen LogP contribution in [0.25, 0.3) is 5.65 Å². The summed E-state index contributed by atoms with van der Waals surface area (Å²) in [6, 6.07) is 6.23. The molecule has 0 unspecified atom stereocenters. The van der Waals surface area contributed by atoms with Gasteiger partial charge in [0.15, 0.2) is 5.82 Å². The van der Waals surface area contributed by atoms with Crippen LogP contribution >= 0.6 is 0 Å². The number of nitrogens with zero attached hydrogens (tertiary/aromatic N) is 3. The zero-order chi connectivity index (χ0) is 14.9. The SMILES string of the molecule is CCCNCc1c(N2CCCC2(C)C)nc2ccccn12. The van der Waals surface area contributed by atoms with Crippen molar-refractivity contribution in [2.24, 2.45) is 0 Å². The second-order valence-corrected chi connectivity index (χ2v) is 6.56. The van der Waals surface area contributed by atoms with E-state index >= 15 is 0 Å². The van der Waals surface area contributed by atoms with Crippen LogP contribution in [0.5, 0.6) is 0 Å². The van der Waals surface area contributed by atoms with Crippen molar-refractivity contribution in [2.45, 2.75) is 52.1 Å². The fourth-order valence-electron chi connectivity index (χ4n) is 3.30. The molecule has 21 heavy (non-hydrogen) atoms. The van der Waals surface area contributed by atoms with E-state index in [2.05, 4.69) is 59.8 Å². The number of nitrogens with one attached hydrogen (secondary N) is 1. The number of hydrogen-bond acceptors (Lipinski definition) is 3. The van der Waals surface area contributed by atoms with Gasteiger partial charge in [0.05, 0.1) is 5.69 Å². The van der Waals surface area contributed by atoms with Gasteiger partial charge in [0.1, 0.15) is 5.65 Å². The average Bonchev–Trinajstić information content (AvgIpc) is 2.99. The van der Waals surface area contributed by atoms with Crippen LogP contribution in [0.3, 0.4) is 0 Å². The van der Waals surface area contributed by atoms with Gasteiger partial charge in [0.2, 0.25) is 0 Å². The topological polar surface area (TPSA) is 32.6 Å². The first kappa shape index (κ1) is 14.4. The summed E-state index contributed by atoms with van der Waals surface area (Å²) >= 11 is 0.